The number of aliphatic carboxylic acids is 1. The predicted octanol–water partition coefficient (Wildman–Crippen LogP) is 1.93. The first-order valence-electron chi connectivity index (χ1n) is 6.09. The summed E-state index contributed by atoms with van der Waals surface area (Å²) in [6.07, 6.45) is 0.0972. The number of rotatable bonds is 6. The number of carboxylic acids is 1. The number of carboxylic acid groups (broad SMARTS) is 1. The predicted molar refractivity (Wildman–Crippen MR) is 77.7 cm³/mol. The summed E-state index contributed by atoms with van der Waals surface area (Å²) in [5.74, 6) is -1.17. The number of benzene rings is 1. The molecule has 5 nitrogen and oxygen atoms in total. The van der Waals surface area contributed by atoms with Gasteiger partial charge in [-0.25, -0.2) is 4.79 Å². The largest absolute Gasteiger partial charge is 0.480 e. The molecule has 0 heterocycles. The van der Waals surface area contributed by atoms with Crippen LogP contribution in [0.5, 0.6) is 0 Å². The zero-order chi connectivity index (χ0) is 15.2. The summed E-state index contributed by atoms with van der Waals surface area (Å²) in [7, 11) is 0. The number of nitrogens with one attached hydrogen (secondary N) is 1. The molecule has 0 fully saturated rings. The fourth-order valence-electron chi connectivity index (χ4n) is 1.36. The molecule has 1 rings (SSSR count). The third kappa shape index (κ3) is 5.05. The van der Waals surface area contributed by atoms with Gasteiger partial charge in [-0.3, -0.25) is 9.59 Å². The highest BCUT2D eigenvalue weighted by Gasteiger charge is 2.28. The number of amides is 1. The third-order valence-corrected chi connectivity index (χ3v) is 3.46. The summed E-state index contributed by atoms with van der Waals surface area (Å²) in [5, 5.41) is 11.2. The standard InChI is InChI=1S/C14H17NO4S/c1-14(2,13(18)19)15-11(16)8-9-20-12(17)10-6-4-3-5-7-10/h3-7H,8-9H2,1-2H3,(H,15,16)(H,18,19). The van der Waals surface area contributed by atoms with Gasteiger partial charge < -0.3 is 10.4 Å². The number of carbonyl (C=O) groups is 3. The quantitative estimate of drug-likeness (QED) is 0.838. The van der Waals surface area contributed by atoms with Crippen molar-refractivity contribution >= 4 is 28.8 Å². The minimum atomic E-state index is -1.30. The molecule has 0 aliphatic carbocycles. The SMILES string of the molecule is CC(C)(NC(=O)CCSC(=O)c1ccccc1)C(=O)O. The van der Waals surface area contributed by atoms with Crippen LogP contribution in [0.4, 0.5) is 0 Å². The first-order chi connectivity index (χ1) is 9.33. The Morgan fingerprint density at radius 2 is 1.80 bits per heavy atom. The van der Waals surface area contributed by atoms with E-state index in [0.717, 1.165) is 11.8 Å². The van der Waals surface area contributed by atoms with Gasteiger partial charge in [0.05, 0.1) is 0 Å². The van der Waals surface area contributed by atoms with Crippen LogP contribution in [-0.4, -0.2) is 33.4 Å². The van der Waals surface area contributed by atoms with Crippen molar-refractivity contribution in [1.82, 2.24) is 5.32 Å². The summed E-state index contributed by atoms with van der Waals surface area (Å²) in [6, 6.07) is 8.79. The van der Waals surface area contributed by atoms with Gasteiger partial charge in [-0.2, -0.15) is 0 Å². The maximum atomic E-state index is 11.8. The topological polar surface area (TPSA) is 83.5 Å². The van der Waals surface area contributed by atoms with Crippen LogP contribution >= 0.6 is 11.8 Å². The van der Waals surface area contributed by atoms with E-state index in [1.807, 2.05) is 6.07 Å². The van der Waals surface area contributed by atoms with E-state index in [-0.39, 0.29) is 17.4 Å². The minimum Gasteiger partial charge on any atom is -0.480 e. The van der Waals surface area contributed by atoms with Crippen molar-refractivity contribution in [2.45, 2.75) is 25.8 Å². The third-order valence-electron chi connectivity index (χ3n) is 2.56. The van der Waals surface area contributed by atoms with Crippen LogP contribution in [-0.2, 0) is 9.59 Å². The van der Waals surface area contributed by atoms with Gasteiger partial charge in [-0.1, -0.05) is 42.1 Å². The zero-order valence-electron chi connectivity index (χ0n) is 11.4. The van der Waals surface area contributed by atoms with Crippen molar-refractivity contribution in [2.24, 2.45) is 0 Å². The molecule has 2 N–H and O–H groups in total. The smallest absolute Gasteiger partial charge is 0.328 e. The highest BCUT2D eigenvalue weighted by atomic mass is 32.2. The fraction of sp³-hybridized carbons (Fsp3) is 0.357. The molecule has 0 aliphatic heterocycles. The van der Waals surface area contributed by atoms with E-state index in [1.165, 1.54) is 13.8 Å². The van der Waals surface area contributed by atoms with E-state index in [4.69, 9.17) is 5.11 Å². The Hall–Kier alpha value is -1.82. The van der Waals surface area contributed by atoms with Crippen molar-refractivity contribution < 1.29 is 19.5 Å². The molecule has 6 heteroatoms. The minimum absolute atomic E-state index is 0.0972. The van der Waals surface area contributed by atoms with Gasteiger partial charge in [0, 0.05) is 17.7 Å². The Bertz CT molecular complexity index is 499. The van der Waals surface area contributed by atoms with Crippen molar-refractivity contribution in [3.8, 4) is 0 Å². The van der Waals surface area contributed by atoms with Crippen LogP contribution in [0.1, 0.15) is 30.6 Å². The Kier molecular flexibility index (Phi) is 5.76. The molecule has 20 heavy (non-hydrogen) atoms. The van der Waals surface area contributed by atoms with Gasteiger partial charge in [-0.05, 0) is 13.8 Å². The van der Waals surface area contributed by atoms with Crippen molar-refractivity contribution in [2.75, 3.05) is 5.75 Å². The summed E-state index contributed by atoms with van der Waals surface area (Å²) in [5.41, 5.74) is -0.714. The summed E-state index contributed by atoms with van der Waals surface area (Å²) >= 11 is 1.05. The van der Waals surface area contributed by atoms with Crippen LogP contribution in [0.15, 0.2) is 30.3 Å². The maximum Gasteiger partial charge on any atom is 0.328 e. The molecule has 0 aliphatic rings. The number of hydrogen-bond donors (Lipinski definition) is 2. The molecule has 0 radical (unpaired) electrons. The molecular weight excluding hydrogens is 278 g/mol. The van der Waals surface area contributed by atoms with Gasteiger partial charge in [0.2, 0.25) is 11.0 Å². The van der Waals surface area contributed by atoms with Gasteiger partial charge in [0.25, 0.3) is 0 Å². The Morgan fingerprint density at radius 3 is 2.35 bits per heavy atom. The molecule has 108 valence electrons. The van der Waals surface area contributed by atoms with Gasteiger partial charge >= 0.3 is 5.97 Å². The van der Waals surface area contributed by atoms with E-state index < -0.39 is 11.5 Å². The zero-order valence-corrected chi connectivity index (χ0v) is 12.2. The monoisotopic (exact) mass is 295 g/mol. The first kappa shape index (κ1) is 16.2. The van der Waals surface area contributed by atoms with Gasteiger partial charge in [-0.15, -0.1) is 0 Å². The Morgan fingerprint density at radius 1 is 1.20 bits per heavy atom. The average Bonchev–Trinajstić information content (AvgIpc) is 2.38. The molecule has 0 aromatic heterocycles. The van der Waals surface area contributed by atoms with Crippen LogP contribution in [0.25, 0.3) is 0 Å². The second-order valence-electron chi connectivity index (χ2n) is 4.73. The highest BCUT2D eigenvalue weighted by molar-refractivity contribution is 8.14. The Balaban J connectivity index is 2.36. The van der Waals surface area contributed by atoms with Gasteiger partial charge in [0.15, 0.2) is 0 Å². The van der Waals surface area contributed by atoms with Crippen LogP contribution < -0.4 is 5.32 Å². The first-order valence-corrected chi connectivity index (χ1v) is 7.08. The number of hydrogen-bond acceptors (Lipinski definition) is 4. The lowest BCUT2D eigenvalue weighted by Gasteiger charge is -2.20. The molecule has 0 saturated carbocycles. The summed E-state index contributed by atoms with van der Waals surface area (Å²) in [6.45, 7) is 2.82. The van der Waals surface area contributed by atoms with Crippen LogP contribution in [0.2, 0.25) is 0 Å². The van der Waals surface area contributed by atoms with E-state index in [1.54, 1.807) is 24.3 Å². The molecule has 0 bridgehead atoms. The van der Waals surface area contributed by atoms with Crippen LogP contribution in [0, 0.1) is 0 Å². The van der Waals surface area contributed by atoms with E-state index in [2.05, 4.69) is 5.32 Å². The maximum absolute atomic E-state index is 11.8. The number of carbonyl (C=O) groups excluding carboxylic acids is 2. The van der Waals surface area contributed by atoms with Crippen LogP contribution in [0.3, 0.4) is 0 Å². The molecule has 0 atom stereocenters. The fourth-order valence-corrected chi connectivity index (χ4v) is 2.13. The lowest BCUT2D eigenvalue weighted by atomic mass is 10.1. The van der Waals surface area contributed by atoms with E-state index in [9.17, 15) is 14.4 Å². The van der Waals surface area contributed by atoms with Crippen molar-refractivity contribution in [3.63, 3.8) is 0 Å². The summed E-state index contributed by atoms with van der Waals surface area (Å²) in [4.78, 5) is 34.2. The normalized spacial score (nSPS) is 10.9. The molecule has 0 unspecified atom stereocenters. The average molecular weight is 295 g/mol. The van der Waals surface area contributed by atoms with E-state index in [0.29, 0.717) is 11.3 Å². The second kappa shape index (κ2) is 7.09. The molecule has 0 saturated heterocycles. The Labute approximate surface area is 121 Å². The van der Waals surface area contributed by atoms with E-state index >= 15 is 0 Å². The molecule has 1 aromatic carbocycles. The lowest BCUT2D eigenvalue weighted by Crippen LogP contribution is -2.49. The number of thioether (sulfide) groups is 1. The highest BCUT2D eigenvalue weighted by Crippen LogP contribution is 2.13. The molecular formula is C14H17NO4S. The molecule has 0 spiro atoms. The van der Waals surface area contributed by atoms with Crippen molar-refractivity contribution in [1.29, 1.82) is 0 Å². The molecule has 1 aromatic rings. The molecule has 1 amide bonds. The summed E-state index contributed by atoms with van der Waals surface area (Å²) < 4.78 is 0. The van der Waals surface area contributed by atoms with Crippen molar-refractivity contribution in [3.05, 3.63) is 35.9 Å². The lowest BCUT2D eigenvalue weighted by molar-refractivity contribution is -0.145. The second-order valence-corrected chi connectivity index (χ2v) is 5.80. The van der Waals surface area contributed by atoms with Gasteiger partial charge in [0.1, 0.15) is 5.54 Å².